The van der Waals surface area contributed by atoms with Gasteiger partial charge in [-0.25, -0.2) is 0 Å². The van der Waals surface area contributed by atoms with Crippen LogP contribution in [0.2, 0.25) is 4.34 Å². The molecule has 0 aliphatic rings. The van der Waals surface area contributed by atoms with Gasteiger partial charge in [-0.1, -0.05) is 37.8 Å². The van der Waals surface area contributed by atoms with Gasteiger partial charge in [-0.05, 0) is 18.6 Å². The number of unbranched alkanes of at least 4 members (excludes halogenated alkanes) is 2. The smallest absolute Gasteiger partial charge is 0.0931 e. The highest BCUT2D eigenvalue weighted by atomic mass is 35.5. The van der Waals surface area contributed by atoms with E-state index in [1.807, 2.05) is 12.1 Å². The SMILES string of the molecule is CCCCC[C@H](N)c1ccc(Cl)s1.Cl. The van der Waals surface area contributed by atoms with Crippen LogP contribution in [0.1, 0.15) is 43.5 Å². The number of nitrogens with two attached hydrogens (primary N) is 1. The van der Waals surface area contributed by atoms with Crippen molar-refractivity contribution in [2.75, 3.05) is 0 Å². The van der Waals surface area contributed by atoms with E-state index in [-0.39, 0.29) is 18.4 Å². The van der Waals surface area contributed by atoms with Crippen molar-refractivity contribution in [1.29, 1.82) is 0 Å². The van der Waals surface area contributed by atoms with E-state index in [9.17, 15) is 0 Å². The zero-order chi connectivity index (χ0) is 9.68. The molecule has 0 aliphatic carbocycles. The van der Waals surface area contributed by atoms with Crippen LogP contribution in [0, 0.1) is 0 Å². The van der Waals surface area contributed by atoms with Crippen LogP contribution in [-0.2, 0) is 0 Å². The predicted molar refractivity (Wildman–Crippen MR) is 67.6 cm³/mol. The van der Waals surface area contributed by atoms with Crippen LogP contribution < -0.4 is 5.73 Å². The average Bonchev–Trinajstić information content (AvgIpc) is 2.52. The molecule has 82 valence electrons. The molecule has 4 heteroatoms. The van der Waals surface area contributed by atoms with E-state index < -0.39 is 0 Å². The highest BCUT2D eigenvalue weighted by Gasteiger charge is 2.07. The lowest BCUT2D eigenvalue weighted by Crippen LogP contribution is -2.07. The Morgan fingerprint density at radius 2 is 2.14 bits per heavy atom. The molecule has 1 aromatic heterocycles. The van der Waals surface area contributed by atoms with Crippen LogP contribution in [0.25, 0.3) is 0 Å². The summed E-state index contributed by atoms with van der Waals surface area (Å²) < 4.78 is 0.834. The van der Waals surface area contributed by atoms with Crippen LogP contribution in [0.4, 0.5) is 0 Å². The third-order valence-corrected chi connectivity index (χ3v) is 3.44. The molecule has 2 N–H and O–H groups in total. The summed E-state index contributed by atoms with van der Waals surface area (Å²) in [6, 6.07) is 4.13. The molecule has 0 spiro atoms. The maximum Gasteiger partial charge on any atom is 0.0931 e. The number of hydrogen-bond acceptors (Lipinski definition) is 2. The fraction of sp³-hybridized carbons (Fsp3) is 0.600. The second kappa shape index (κ2) is 7.52. The molecule has 0 bridgehead atoms. The van der Waals surface area contributed by atoms with Crippen molar-refractivity contribution in [3.8, 4) is 0 Å². The van der Waals surface area contributed by atoms with E-state index >= 15 is 0 Å². The molecule has 1 aromatic rings. The van der Waals surface area contributed by atoms with Crippen LogP contribution in [-0.4, -0.2) is 0 Å². The molecule has 0 aliphatic heterocycles. The summed E-state index contributed by atoms with van der Waals surface area (Å²) in [6.07, 6.45) is 4.81. The quantitative estimate of drug-likeness (QED) is 0.774. The minimum absolute atomic E-state index is 0. The van der Waals surface area contributed by atoms with E-state index in [1.165, 1.54) is 24.1 Å². The zero-order valence-electron chi connectivity index (χ0n) is 8.33. The summed E-state index contributed by atoms with van der Waals surface area (Å²) in [7, 11) is 0. The molecule has 0 amide bonds. The van der Waals surface area contributed by atoms with E-state index in [0.717, 1.165) is 10.8 Å². The fourth-order valence-electron chi connectivity index (χ4n) is 1.28. The zero-order valence-corrected chi connectivity index (χ0v) is 10.7. The summed E-state index contributed by atoms with van der Waals surface area (Å²) in [4.78, 5) is 1.21. The van der Waals surface area contributed by atoms with E-state index in [2.05, 4.69) is 6.92 Å². The van der Waals surface area contributed by atoms with Gasteiger partial charge in [-0.3, -0.25) is 0 Å². The van der Waals surface area contributed by atoms with Crippen molar-refractivity contribution in [2.45, 2.75) is 38.6 Å². The van der Waals surface area contributed by atoms with Crippen molar-refractivity contribution in [3.63, 3.8) is 0 Å². The highest BCUT2D eigenvalue weighted by Crippen LogP contribution is 2.28. The lowest BCUT2D eigenvalue weighted by Gasteiger charge is -2.07. The highest BCUT2D eigenvalue weighted by molar-refractivity contribution is 7.16. The summed E-state index contributed by atoms with van der Waals surface area (Å²) in [5.74, 6) is 0. The van der Waals surface area contributed by atoms with Gasteiger partial charge in [0.2, 0.25) is 0 Å². The Labute approximate surface area is 101 Å². The van der Waals surface area contributed by atoms with Gasteiger partial charge in [0, 0.05) is 10.9 Å². The fourth-order valence-corrected chi connectivity index (χ4v) is 2.38. The van der Waals surface area contributed by atoms with E-state index in [4.69, 9.17) is 17.3 Å². The second-order valence-electron chi connectivity index (χ2n) is 3.24. The third kappa shape index (κ3) is 4.65. The Morgan fingerprint density at radius 1 is 1.43 bits per heavy atom. The van der Waals surface area contributed by atoms with Crippen molar-refractivity contribution >= 4 is 35.3 Å². The number of hydrogen-bond donors (Lipinski definition) is 1. The predicted octanol–water partition coefficient (Wildman–Crippen LogP) is 4.40. The lowest BCUT2D eigenvalue weighted by molar-refractivity contribution is 0.587. The molecule has 1 rings (SSSR count). The van der Waals surface area contributed by atoms with Gasteiger partial charge in [-0.2, -0.15) is 0 Å². The molecular formula is C10H17Cl2NS. The molecule has 0 radical (unpaired) electrons. The molecule has 14 heavy (non-hydrogen) atoms. The van der Waals surface area contributed by atoms with Crippen LogP contribution in [0.15, 0.2) is 12.1 Å². The molecule has 1 nitrogen and oxygen atoms in total. The third-order valence-electron chi connectivity index (χ3n) is 2.08. The molecule has 1 heterocycles. The van der Waals surface area contributed by atoms with Gasteiger partial charge in [0.15, 0.2) is 0 Å². The lowest BCUT2D eigenvalue weighted by atomic mass is 10.1. The standard InChI is InChI=1S/C10H16ClNS.ClH/c1-2-3-4-5-8(12)9-6-7-10(11)13-9;/h6-8H,2-5,12H2,1H3;1H/t8-;/m0./s1. The summed E-state index contributed by atoms with van der Waals surface area (Å²) in [5.41, 5.74) is 6.00. The summed E-state index contributed by atoms with van der Waals surface area (Å²) >= 11 is 7.42. The van der Waals surface area contributed by atoms with Crippen molar-refractivity contribution < 1.29 is 0 Å². The second-order valence-corrected chi connectivity index (χ2v) is 4.99. The molecule has 0 unspecified atom stereocenters. The normalized spacial score (nSPS) is 12.2. The van der Waals surface area contributed by atoms with Gasteiger partial charge < -0.3 is 5.73 Å². The maximum absolute atomic E-state index is 6.00. The average molecular weight is 254 g/mol. The number of halogens is 2. The first-order chi connectivity index (χ1) is 6.24. The minimum atomic E-state index is 0. The Morgan fingerprint density at radius 3 is 2.64 bits per heavy atom. The molecular weight excluding hydrogens is 237 g/mol. The van der Waals surface area contributed by atoms with E-state index in [0.29, 0.717) is 0 Å². The molecule has 1 atom stereocenters. The topological polar surface area (TPSA) is 26.0 Å². The Balaban J connectivity index is 0.00000169. The molecule has 0 aromatic carbocycles. The number of thiophene rings is 1. The first-order valence-corrected chi connectivity index (χ1v) is 5.94. The van der Waals surface area contributed by atoms with E-state index in [1.54, 1.807) is 11.3 Å². The first kappa shape index (κ1) is 14.2. The molecule has 0 fully saturated rings. The maximum atomic E-state index is 6.00. The minimum Gasteiger partial charge on any atom is -0.323 e. The van der Waals surface area contributed by atoms with Gasteiger partial charge in [0.25, 0.3) is 0 Å². The van der Waals surface area contributed by atoms with Crippen LogP contribution in [0.5, 0.6) is 0 Å². The van der Waals surface area contributed by atoms with Gasteiger partial charge in [-0.15, -0.1) is 23.7 Å². The molecule has 0 saturated heterocycles. The monoisotopic (exact) mass is 253 g/mol. The van der Waals surface area contributed by atoms with Crippen molar-refractivity contribution in [3.05, 3.63) is 21.3 Å². The van der Waals surface area contributed by atoms with Crippen molar-refractivity contribution in [2.24, 2.45) is 5.73 Å². The van der Waals surface area contributed by atoms with Crippen molar-refractivity contribution in [1.82, 2.24) is 0 Å². The number of rotatable bonds is 5. The Hall–Kier alpha value is 0.240. The Kier molecular flexibility index (Phi) is 7.65. The molecule has 0 saturated carbocycles. The van der Waals surface area contributed by atoms with Gasteiger partial charge in [0.1, 0.15) is 0 Å². The van der Waals surface area contributed by atoms with Gasteiger partial charge in [0.05, 0.1) is 4.34 Å². The summed E-state index contributed by atoms with van der Waals surface area (Å²) in [6.45, 7) is 2.20. The Bertz CT molecular complexity index is 250. The summed E-state index contributed by atoms with van der Waals surface area (Å²) in [5, 5.41) is 0. The first-order valence-electron chi connectivity index (χ1n) is 4.75. The van der Waals surface area contributed by atoms with Crippen LogP contribution >= 0.6 is 35.3 Å². The van der Waals surface area contributed by atoms with Gasteiger partial charge >= 0.3 is 0 Å². The van der Waals surface area contributed by atoms with Crippen LogP contribution in [0.3, 0.4) is 0 Å². The largest absolute Gasteiger partial charge is 0.323 e.